The predicted molar refractivity (Wildman–Crippen MR) is 130 cm³/mol. The number of rotatable bonds is 5. The average Bonchev–Trinajstić information content (AvgIpc) is 3.57. The van der Waals surface area contributed by atoms with Crippen molar-refractivity contribution in [2.24, 2.45) is 5.92 Å². The highest BCUT2D eigenvalue weighted by atomic mass is 32.2. The van der Waals surface area contributed by atoms with E-state index in [0.717, 1.165) is 31.9 Å². The summed E-state index contributed by atoms with van der Waals surface area (Å²) in [5.74, 6) is 5.64. The molecule has 0 unspecified atom stereocenters. The summed E-state index contributed by atoms with van der Waals surface area (Å²) in [6.45, 7) is 0. The van der Waals surface area contributed by atoms with Gasteiger partial charge in [0.1, 0.15) is 23.6 Å². The fourth-order valence-corrected chi connectivity index (χ4v) is 5.63. The fraction of sp³-hybridized carbons (Fsp3) is 0.269. The molecule has 1 saturated carbocycles. The Morgan fingerprint density at radius 2 is 2.00 bits per heavy atom. The third kappa shape index (κ3) is 4.62. The fourth-order valence-electron chi connectivity index (χ4n) is 4.36. The van der Waals surface area contributed by atoms with Crippen LogP contribution in [0.15, 0.2) is 63.1 Å². The van der Waals surface area contributed by atoms with Crippen molar-refractivity contribution in [1.29, 1.82) is 0 Å². The molecule has 1 aliphatic carbocycles. The van der Waals surface area contributed by atoms with E-state index in [1.807, 2.05) is 0 Å². The van der Waals surface area contributed by atoms with Crippen LogP contribution >= 0.6 is 0 Å². The lowest BCUT2D eigenvalue weighted by Crippen LogP contribution is -2.20. The number of ether oxygens (including phenoxy) is 1. The number of hydrogen-bond donors (Lipinski definition) is 0. The van der Waals surface area contributed by atoms with Crippen molar-refractivity contribution in [3.05, 3.63) is 76.3 Å². The summed E-state index contributed by atoms with van der Waals surface area (Å²) in [5, 5.41) is 3.65. The van der Waals surface area contributed by atoms with Gasteiger partial charge in [0.15, 0.2) is 9.84 Å². The van der Waals surface area contributed by atoms with Gasteiger partial charge in [0.05, 0.1) is 46.2 Å². The smallest absolute Gasteiger partial charge is 0.274 e. The van der Waals surface area contributed by atoms with Gasteiger partial charge in [-0.1, -0.05) is 29.8 Å². The standard InChI is InChI=1S/C26H22FN3O5S/c1-34-25-12-18(7-6-17-4-2-3-5-17)21(27)14-24(25)30-23-9-8-20(13-22(23)28-15-26(30)31)36(32,33)16-19-10-11-35-29-19/h8-15,17H,2-5,16H2,1H3. The van der Waals surface area contributed by atoms with Crippen LogP contribution in [0.4, 0.5) is 4.39 Å². The Morgan fingerprint density at radius 3 is 2.72 bits per heavy atom. The van der Waals surface area contributed by atoms with Gasteiger partial charge in [-0.15, -0.1) is 0 Å². The molecule has 10 heteroatoms. The minimum Gasteiger partial charge on any atom is -0.495 e. The lowest BCUT2D eigenvalue weighted by molar-refractivity contribution is 0.411. The summed E-state index contributed by atoms with van der Waals surface area (Å²) in [7, 11) is -2.33. The van der Waals surface area contributed by atoms with E-state index in [4.69, 9.17) is 9.26 Å². The molecule has 5 rings (SSSR count). The molecule has 0 radical (unpaired) electrons. The zero-order valence-electron chi connectivity index (χ0n) is 19.4. The molecule has 0 saturated heterocycles. The van der Waals surface area contributed by atoms with Crippen molar-refractivity contribution in [1.82, 2.24) is 14.7 Å². The van der Waals surface area contributed by atoms with Crippen molar-refractivity contribution < 1.29 is 22.1 Å². The Hall–Kier alpha value is -3.97. The van der Waals surface area contributed by atoms with Crippen LogP contribution in [0.5, 0.6) is 5.75 Å². The second kappa shape index (κ2) is 9.59. The number of sulfone groups is 1. The molecule has 1 fully saturated rings. The van der Waals surface area contributed by atoms with Crippen LogP contribution in [0.25, 0.3) is 16.7 Å². The zero-order valence-corrected chi connectivity index (χ0v) is 20.2. The highest BCUT2D eigenvalue weighted by Gasteiger charge is 2.20. The van der Waals surface area contributed by atoms with Gasteiger partial charge in [-0.25, -0.2) is 17.8 Å². The van der Waals surface area contributed by atoms with Gasteiger partial charge in [0.25, 0.3) is 5.56 Å². The minimum absolute atomic E-state index is 0.00591. The molecule has 1 aliphatic rings. The van der Waals surface area contributed by atoms with Crippen molar-refractivity contribution in [3.8, 4) is 23.3 Å². The molecular weight excluding hydrogens is 485 g/mol. The Kier molecular flexibility index (Phi) is 6.33. The molecule has 0 atom stereocenters. The second-order valence-corrected chi connectivity index (χ2v) is 10.6. The molecule has 8 nitrogen and oxygen atoms in total. The number of nitrogens with zero attached hydrogens (tertiary/aromatic N) is 3. The number of benzene rings is 2. The molecule has 0 spiro atoms. The highest BCUT2D eigenvalue weighted by Crippen LogP contribution is 2.29. The molecule has 184 valence electrons. The molecule has 0 bridgehead atoms. The normalized spacial score (nSPS) is 14.1. The Balaban J connectivity index is 1.58. The topological polar surface area (TPSA) is 104 Å². The Labute approximate surface area is 206 Å². The van der Waals surface area contributed by atoms with E-state index in [1.165, 1.54) is 54.3 Å². The quantitative estimate of drug-likeness (QED) is 0.376. The number of fused-ring (bicyclic) bond motifs is 1. The van der Waals surface area contributed by atoms with Crippen LogP contribution in [-0.2, 0) is 15.6 Å². The van der Waals surface area contributed by atoms with Crippen LogP contribution in [0.3, 0.4) is 0 Å². The first kappa shape index (κ1) is 23.8. The SMILES string of the molecule is COc1cc(C#CC2CCCC2)c(F)cc1-n1c(=O)cnc2cc(S(=O)(=O)Cc3ccon3)ccc21. The molecule has 0 aliphatic heterocycles. The first-order valence-corrected chi connectivity index (χ1v) is 13.0. The summed E-state index contributed by atoms with van der Waals surface area (Å²) in [6.07, 6.45) is 6.64. The number of halogens is 1. The van der Waals surface area contributed by atoms with E-state index in [1.54, 1.807) is 0 Å². The lowest BCUT2D eigenvalue weighted by Gasteiger charge is -2.15. The van der Waals surface area contributed by atoms with E-state index >= 15 is 4.39 Å². The molecule has 36 heavy (non-hydrogen) atoms. The van der Waals surface area contributed by atoms with Gasteiger partial charge in [-0.05, 0) is 31.0 Å². The zero-order chi connectivity index (χ0) is 25.3. The van der Waals surface area contributed by atoms with Gasteiger partial charge in [-0.2, -0.15) is 0 Å². The maximum Gasteiger partial charge on any atom is 0.274 e. The summed E-state index contributed by atoms with van der Waals surface area (Å²) in [4.78, 5) is 17.0. The minimum atomic E-state index is -3.75. The third-order valence-corrected chi connectivity index (χ3v) is 7.83. The molecule has 0 N–H and O–H groups in total. The van der Waals surface area contributed by atoms with E-state index in [0.29, 0.717) is 5.52 Å². The van der Waals surface area contributed by atoms with Crippen LogP contribution in [0.1, 0.15) is 36.9 Å². The van der Waals surface area contributed by atoms with E-state index < -0.39 is 21.2 Å². The summed E-state index contributed by atoms with van der Waals surface area (Å²) in [5.41, 5.74) is 0.633. The molecule has 2 aromatic carbocycles. The van der Waals surface area contributed by atoms with Crippen LogP contribution < -0.4 is 10.3 Å². The third-order valence-electron chi connectivity index (χ3n) is 6.19. The molecular formula is C26H22FN3O5S. The highest BCUT2D eigenvalue weighted by molar-refractivity contribution is 7.90. The van der Waals surface area contributed by atoms with Crippen molar-refractivity contribution in [2.75, 3.05) is 7.11 Å². The maximum absolute atomic E-state index is 15.1. The lowest BCUT2D eigenvalue weighted by atomic mass is 10.1. The number of hydrogen-bond acceptors (Lipinski definition) is 7. The Bertz CT molecular complexity index is 1660. The Morgan fingerprint density at radius 1 is 1.19 bits per heavy atom. The van der Waals surface area contributed by atoms with E-state index in [2.05, 4.69) is 22.0 Å². The van der Waals surface area contributed by atoms with Crippen molar-refractivity contribution in [3.63, 3.8) is 0 Å². The first-order valence-electron chi connectivity index (χ1n) is 11.4. The van der Waals surface area contributed by atoms with Gasteiger partial charge in [-0.3, -0.25) is 9.36 Å². The van der Waals surface area contributed by atoms with E-state index in [9.17, 15) is 13.2 Å². The van der Waals surface area contributed by atoms with Gasteiger partial charge in [0.2, 0.25) is 0 Å². The summed E-state index contributed by atoms with van der Waals surface area (Å²) >= 11 is 0. The van der Waals surface area contributed by atoms with E-state index in [-0.39, 0.29) is 44.8 Å². The predicted octanol–water partition coefficient (Wildman–Crippen LogP) is 4.04. The molecule has 0 amide bonds. The van der Waals surface area contributed by atoms with Crippen molar-refractivity contribution >= 4 is 20.9 Å². The summed E-state index contributed by atoms with van der Waals surface area (Å²) < 4.78 is 52.2. The van der Waals surface area contributed by atoms with Crippen LogP contribution in [0, 0.1) is 23.6 Å². The molecule has 4 aromatic rings. The van der Waals surface area contributed by atoms with Gasteiger partial charge in [0, 0.05) is 24.1 Å². The van der Waals surface area contributed by atoms with Crippen LogP contribution in [-0.4, -0.2) is 30.2 Å². The van der Waals surface area contributed by atoms with Crippen molar-refractivity contribution in [2.45, 2.75) is 36.3 Å². The first-order chi connectivity index (χ1) is 17.4. The molecule has 2 aromatic heterocycles. The maximum atomic E-state index is 15.1. The monoisotopic (exact) mass is 507 g/mol. The average molecular weight is 508 g/mol. The van der Waals surface area contributed by atoms with Crippen LogP contribution in [0.2, 0.25) is 0 Å². The number of methoxy groups -OCH3 is 1. The number of aromatic nitrogens is 3. The second-order valence-electron chi connectivity index (χ2n) is 8.59. The largest absolute Gasteiger partial charge is 0.495 e. The molecule has 2 heterocycles. The summed E-state index contributed by atoms with van der Waals surface area (Å²) in [6, 6.07) is 8.35. The van der Waals surface area contributed by atoms with Gasteiger partial charge < -0.3 is 9.26 Å². The van der Waals surface area contributed by atoms with Gasteiger partial charge >= 0.3 is 0 Å².